The van der Waals surface area contributed by atoms with Crippen molar-refractivity contribution in [2.75, 3.05) is 0 Å². The van der Waals surface area contributed by atoms with Crippen LogP contribution in [-0.2, 0) is 5.41 Å². The molecule has 0 unspecified atom stereocenters. The fraction of sp³-hybridized carbons (Fsp3) is 0.0625. The predicted octanol–water partition coefficient (Wildman–Crippen LogP) is 7.29. The zero-order chi connectivity index (χ0) is 21.3. The van der Waals surface area contributed by atoms with E-state index in [9.17, 15) is 0 Å². The lowest BCUT2D eigenvalue weighted by Gasteiger charge is -2.53. The third-order valence-electron chi connectivity index (χ3n) is 8.46. The SMILES string of the molecule is c1ccc2c(c1)C1c3ccccc3C23c2ccccc2-n2c4ccccc4c4ccc1c3c42. The Hall–Kier alpha value is -4.10. The largest absolute Gasteiger partial charge is 0.309 e. The van der Waals surface area contributed by atoms with Crippen molar-refractivity contribution < 1.29 is 0 Å². The molecule has 0 saturated carbocycles. The van der Waals surface area contributed by atoms with Gasteiger partial charge in [-0.2, -0.15) is 0 Å². The van der Waals surface area contributed by atoms with E-state index in [4.69, 9.17) is 0 Å². The van der Waals surface area contributed by atoms with E-state index in [1.54, 1.807) is 0 Å². The van der Waals surface area contributed by atoms with Crippen molar-refractivity contribution in [3.63, 3.8) is 0 Å². The first-order valence-corrected chi connectivity index (χ1v) is 11.8. The summed E-state index contributed by atoms with van der Waals surface area (Å²) in [7, 11) is 0. The topological polar surface area (TPSA) is 4.93 Å². The van der Waals surface area contributed by atoms with Gasteiger partial charge in [-0.05, 0) is 45.5 Å². The normalized spacial score (nSPS) is 20.5. The lowest BCUT2D eigenvalue weighted by atomic mass is 9.50. The highest BCUT2D eigenvalue weighted by molar-refractivity contribution is 6.13. The van der Waals surface area contributed by atoms with E-state index in [0.717, 1.165) is 0 Å². The number of nitrogens with zero attached hydrogens (tertiary/aromatic N) is 1. The minimum absolute atomic E-state index is 0.280. The number of hydrogen-bond acceptors (Lipinski definition) is 0. The monoisotopic (exact) mass is 417 g/mol. The van der Waals surface area contributed by atoms with Crippen molar-refractivity contribution in [2.45, 2.75) is 11.3 Å². The van der Waals surface area contributed by atoms with Crippen LogP contribution in [0.2, 0.25) is 0 Å². The van der Waals surface area contributed by atoms with Gasteiger partial charge in [0.1, 0.15) is 0 Å². The Labute approximate surface area is 191 Å². The quantitative estimate of drug-likeness (QED) is 0.244. The first-order chi connectivity index (χ1) is 16.4. The van der Waals surface area contributed by atoms with Gasteiger partial charge in [-0.3, -0.25) is 0 Å². The molecular formula is C32H19N. The van der Waals surface area contributed by atoms with E-state index in [1.165, 1.54) is 66.4 Å². The molecule has 1 aliphatic heterocycles. The average Bonchev–Trinajstić information content (AvgIpc) is 3.23. The molecule has 0 saturated heterocycles. The summed E-state index contributed by atoms with van der Waals surface area (Å²) in [6.07, 6.45) is 0. The number of para-hydroxylation sites is 2. The van der Waals surface area contributed by atoms with Crippen molar-refractivity contribution in [1.29, 1.82) is 0 Å². The summed E-state index contributed by atoms with van der Waals surface area (Å²) in [5, 5.41) is 2.70. The number of rotatable bonds is 0. The number of fused-ring (bicyclic) bond motifs is 5. The Bertz CT molecular complexity index is 1790. The lowest BCUT2D eigenvalue weighted by molar-refractivity contribution is 0.622. The maximum absolute atomic E-state index is 2.54. The van der Waals surface area contributed by atoms with Gasteiger partial charge >= 0.3 is 0 Å². The van der Waals surface area contributed by atoms with Crippen molar-refractivity contribution in [3.05, 3.63) is 148 Å². The first kappa shape index (κ1) is 16.5. The molecule has 3 aliphatic carbocycles. The van der Waals surface area contributed by atoms with Crippen molar-refractivity contribution >= 4 is 21.8 Å². The fourth-order valence-electron chi connectivity index (χ4n) is 7.47. The van der Waals surface area contributed by atoms with Gasteiger partial charge in [0.05, 0.1) is 22.1 Å². The number of aromatic nitrogens is 1. The van der Waals surface area contributed by atoms with E-state index >= 15 is 0 Å². The molecule has 1 heteroatoms. The van der Waals surface area contributed by atoms with Gasteiger partial charge in [0.15, 0.2) is 0 Å². The van der Waals surface area contributed by atoms with Gasteiger partial charge in [0.25, 0.3) is 0 Å². The maximum Gasteiger partial charge on any atom is 0.0751 e. The van der Waals surface area contributed by atoms with E-state index in [0.29, 0.717) is 0 Å². The molecule has 0 N–H and O–H groups in total. The van der Waals surface area contributed by atoms with Crippen LogP contribution in [0, 0.1) is 0 Å². The van der Waals surface area contributed by atoms with E-state index in [-0.39, 0.29) is 11.3 Å². The van der Waals surface area contributed by atoms with E-state index < -0.39 is 0 Å². The van der Waals surface area contributed by atoms with Crippen LogP contribution in [0.4, 0.5) is 0 Å². The second-order valence-electron chi connectivity index (χ2n) is 9.65. The van der Waals surface area contributed by atoms with Crippen LogP contribution in [-0.4, -0.2) is 4.57 Å². The van der Waals surface area contributed by atoms with Gasteiger partial charge in [0, 0.05) is 22.3 Å². The third kappa shape index (κ3) is 1.58. The molecule has 2 heterocycles. The molecule has 5 aromatic carbocycles. The Balaban J connectivity index is 1.66. The zero-order valence-corrected chi connectivity index (χ0v) is 17.9. The molecule has 0 amide bonds. The summed E-state index contributed by atoms with van der Waals surface area (Å²) < 4.78 is 2.54. The molecular weight excluding hydrogens is 398 g/mol. The zero-order valence-electron chi connectivity index (χ0n) is 17.9. The summed E-state index contributed by atoms with van der Waals surface area (Å²) in [5.74, 6) is 0.287. The molecule has 0 radical (unpaired) electrons. The number of benzene rings is 5. The minimum Gasteiger partial charge on any atom is -0.309 e. The van der Waals surface area contributed by atoms with Crippen LogP contribution < -0.4 is 0 Å². The van der Waals surface area contributed by atoms with Crippen LogP contribution in [0.15, 0.2) is 109 Å². The minimum atomic E-state index is -0.280. The maximum atomic E-state index is 2.54. The van der Waals surface area contributed by atoms with Crippen LogP contribution in [0.1, 0.15) is 44.9 Å². The third-order valence-corrected chi connectivity index (χ3v) is 8.46. The molecule has 0 fully saturated rings. The Morgan fingerprint density at radius 2 is 1.15 bits per heavy atom. The smallest absolute Gasteiger partial charge is 0.0751 e. The van der Waals surface area contributed by atoms with Gasteiger partial charge in [-0.25, -0.2) is 0 Å². The predicted molar refractivity (Wildman–Crippen MR) is 134 cm³/mol. The Kier molecular flexibility index (Phi) is 2.64. The molecule has 33 heavy (non-hydrogen) atoms. The molecule has 0 atom stereocenters. The van der Waals surface area contributed by atoms with Crippen molar-refractivity contribution in [3.8, 4) is 5.69 Å². The summed E-state index contributed by atoms with van der Waals surface area (Å²) in [5.41, 5.74) is 13.9. The van der Waals surface area contributed by atoms with Crippen LogP contribution in [0.25, 0.3) is 27.5 Å². The summed E-state index contributed by atoms with van der Waals surface area (Å²) >= 11 is 0. The molecule has 2 bridgehead atoms. The molecule has 1 aromatic heterocycles. The highest BCUT2D eigenvalue weighted by Crippen LogP contribution is 2.65. The van der Waals surface area contributed by atoms with Gasteiger partial charge in [-0.15, -0.1) is 0 Å². The van der Waals surface area contributed by atoms with Crippen molar-refractivity contribution in [1.82, 2.24) is 4.57 Å². The molecule has 4 aliphatic rings. The summed E-state index contributed by atoms with van der Waals surface area (Å²) in [4.78, 5) is 0. The molecule has 10 rings (SSSR count). The van der Waals surface area contributed by atoms with Gasteiger partial charge in [0.2, 0.25) is 0 Å². The second-order valence-corrected chi connectivity index (χ2v) is 9.65. The standard InChI is InChI=1S/C32H19N/c1-4-12-24-21(10-1)29-22-11-2-5-13-25(22)32(24)26-14-6-8-16-28(26)33-27-15-7-3-9-19(27)20-17-18-23(29)30(32)31(20)33/h1-18,29H. The Morgan fingerprint density at radius 1 is 0.515 bits per heavy atom. The summed E-state index contributed by atoms with van der Waals surface area (Å²) in [6, 6.07) is 41.2. The molecule has 6 aromatic rings. The highest BCUT2D eigenvalue weighted by Gasteiger charge is 2.56. The first-order valence-electron chi connectivity index (χ1n) is 11.8. The van der Waals surface area contributed by atoms with Crippen LogP contribution >= 0.6 is 0 Å². The Morgan fingerprint density at radius 3 is 1.94 bits per heavy atom. The second kappa shape index (κ2) is 5.27. The lowest BCUT2D eigenvalue weighted by Crippen LogP contribution is -2.45. The summed E-state index contributed by atoms with van der Waals surface area (Å²) in [6.45, 7) is 0. The van der Waals surface area contributed by atoms with Crippen LogP contribution in [0.3, 0.4) is 0 Å². The van der Waals surface area contributed by atoms with Crippen LogP contribution in [0.5, 0.6) is 0 Å². The van der Waals surface area contributed by atoms with Gasteiger partial charge < -0.3 is 4.57 Å². The van der Waals surface area contributed by atoms with E-state index in [1.807, 2.05) is 0 Å². The highest BCUT2D eigenvalue weighted by atomic mass is 15.0. The fourth-order valence-corrected chi connectivity index (χ4v) is 7.47. The molecule has 152 valence electrons. The van der Waals surface area contributed by atoms with Gasteiger partial charge in [-0.1, -0.05) is 97.1 Å². The number of hydrogen-bond donors (Lipinski definition) is 0. The average molecular weight is 418 g/mol. The van der Waals surface area contributed by atoms with E-state index in [2.05, 4.69) is 114 Å². The molecule has 1 nitrogen and oxygen atoms in total. The molecule has 1 spiro atoms. The van der Waals surface area contributed by atoms with Crippen molar-refractivity contribution in [2.24, 2.45) is 0 Å².